The molecule has 0 aliphatic heterocycles. The fourth-order valence-electron chi connectivity index (χ4n) is 1.76. The first kappa shape index (κ1) is 14.0. The molecule has 18 heavy (non-hydrogen) atoms. The van der Waals surface area contributed by atoms with Crippen molar-refractivity contribution in [1.82, 2.24) is 4.90 Å². The highest BCUT2D eigenvalue weighted by atomic mass is 16.5. The topological polar surface area (TPSA) is 60.0 Å². The summed E-state index contributed by atoms with van der Waals surface area (Å²) >= 11 is 0. The fraction of sp³-hybridized carbons (Fsp3) is 0.429. The van der Waals surface area contributed by atoms with Gasteiger partial charge < -0.3 is 4.74 Å². The van der Waals surface area contributed by atoms with Crippen LogP contribution in [-0.2, 0) is 6.54 Å². The van der Waals surface area contributed by atoms with E-state index in [-0.39, 0.29) is 0 Å². The second kappa shape index (κ2) is 8.11. The zero-order valence-corrected chi connectivity index (χ0v) is 10.6. The third kappa shape index (κ3) is 4.45. The van der Waals surface area contributed by atoms with Crippen molar-refractivity contribution in [2.24, 2.45) is 0 Å². The number of para-hydroxylation sites is 1. The van der Waals surface area contributed by atoms with Crippen molar-refractivity contribution in [3.05, 3.63) is 29.8 Å². The van der Waals surface area contributed by atoms with Crippen LogP contribution in [0.2, 0.25) is 0 Å². The maximum atomic E-state index is 8.64. The van der Waals surface area contributed by atoms with E-state index < -0.39 is 0 Å². The zero-order chi connectivity index (χ0) is 13.2. The Morgan fingerprint density at radius 2 is 1.72 bits per heavy atom. The van der Waals surface area contributed by atoms with Crippen LogP contribution in [0, 0.1) is 22.7 Å². The van der Waals surface area contributed by atoms with Crippen molar-refractivity contribution in [3.63, 3.8) is 0 Å². The number of ether oxygens (including phenoxy) is 1. The maximum absolute atomic E-state index is 8.64. The lowest BCUT2D eigenvalue weighted by molar-refractivity contribution is 0.272. The van der Waals surface area contributed by atoms with Crippen molar-refractivity contribution in [1.29, 1.82) is 10.5 Å². The van der Waals surface area contributed by atoms with E-state index in [1.807, 2.05) is 24.3 Å². The number of rotatable bonds is 7. The summed E-state index contributed by atoms with van der Waals surface area (Å²) in [6, 6.07) is 12.1. The van der Waals surface area contributed by atoms with Gasteiger partial charge in [-0.15, -0.1) is 0 Å². The van der Waals surface area contributed by atoms with E-state index >= 15 is 0 Å². The summed E-state index contributed by atoms with van der Waals surface area (Å²) in [6.45, 7) is 2.06. The largest absolute Gasteiger partial charge is 0.496 e. The van der Waals surface area contributed by atoms with E-state index in [1.54, 1.807) is 7.11 Å². The fourth-order valence-corrected chi connectivity index (χ4v) is 1.76. The maximum Gasteiger partial charge on any atom is 0.123 e. The predicted octanol–water partition coefficient (Wildman–Crippen LogP) is 2.32. The molecule has 0 N–H and O–H groups in total. The van der Waals surface area contributed by atoms with Crippen molar-refractivity contribution in [3.8, 4) is 17.9 Å². The third-order valence-electron chi connectivity index (χ3n) is 2.67. The highest BCUT2D eigenvalue weighted by Crippen LogP contribution is 2.19. The summed E-state index contributed by atoms with van der Waals surface area (Å²) < 4.78 is 5.30. The molecule has 0 fully saturated rings. The van der Waals surface area contributed by atoms with Gasteiger partial charge in [-0.05, 0) is 6.07 Å². The average Bonchev–Trinajstić information content (AvgIpc) is 2.42. The number of benzene rings is 1. The normalized spacial score (nSPS) is 9.78. The number of hydrogen-bond acceptors (Lipinski definition) is 4. The molecule has 0 aliphatic carbocycles. The van der Waals surface area contributed by atoms with Crippen LogP contribution >= 0.6 is 0 Å². The lowest BCUT2D eigenvalue weighted by Gasteiger charge is -2.21. The Kier molecular flexibility index (Phi) is 6.32. The van der Waals surface area contributed by atoms with Crippen LogP contribution in [0.5, 0.6) is 5.75 Å². The van der Waals surface area contributed by atoms with Gasteiger partial charge in [-0.3, -0.25) is 4.90 Å². The molecule has 4 nitrogen and oxygen atoms in total. The van der Waals surface area contributed by atoms with Crippen molar-refractivity contribution in [2.45, 2.75) is 19.4 Å². The van der Waals surface area contributed by atoms with E-state index in [9.17, 15) is 0 Å². The summed E-state index contributed by atoms with van der Waals surface area (Å²) in [5, 5.41) is 17.3. The van der Waals surface area contributed by atoms with E-state index in [4.69, 9.17) is 15.3 Å². The van der Waals surface area contributed by atoms with Crippen LogP contribution in [0.25, 0.3) is 0 Å². The number of methoxy groups -OCH3 is 1. The molecule has 0 bridgehead atoms. The van der Waals surface area contributed by atoms with E-state index in [2.05, 4.69) is 17.0 Å². The number of nitrogens with zero attached hydrogens (tertiary/aromatic N) is 3. The predicted molar refractivity (Wildman–Crippen MR) is 68.7 cm³/mol. The van der Waals surface area contributed by atoms with Crippen LogP contribution < -0.4 is 4.74 Å². The van der Waals surface area contributed by atoms with E-state index in [0.717, 1.165) is 11.3 Å². The third-order valence-corrected chi connectivity index (χ3v) is 2.67. The lowest BCUT2D eigenvalue weighted by Crippen LogP contribution is -2.25. The number of hydrogen-bond donors (Lipinski definition) is 0. The van der Waals surface area contributed by atoms with Gasteiger partial charge in [-0.1, -0.05) is 18.2 Å². The molecule has 0 unspecified atom stereocenters. The first-order valence-corrected chi connectivity index (χ1v) is 5.90. The van der Waals surface area contributed by atoms with Crippen LogP contribution in [-0.4, -0.2) is 25.1 Å². The molecular weight excluding hydrogens is 226 g/mol. The molecule has 1 aromatic rings. The molecule has 0 saturated heterocycles. The van der Waals surface area contributed by atoms with Crippen LogP contribution in [0.1, 0.15) is 18.4 Å². The average molecular weight is 243 g/mol. The van der Waals surface area contributed by atoms with E-state index in [0.29, 0.717) is 32.5 Å². The molecule has 0 atom stereocenters. The minimum Gasteiger partial charge on any atom is -0.496 e. The smallest absolute Gasteiger partial charge is 0.123 e. The van der Waals surface area contributed by atoms with Gasteiger partial charge >= 0.3 is 0 Å². The monoisotopic (exact) mass is 243 g/mol. The zero-order valence-electron chi connectivity index (χ0n) is 10.6. The summed E-state index contributed by atoms with van der Waals surface area (Å²) in [4.78, 5) is 2.10. The Hall–Kier alpha value is -2.04. The van der Waals surface area contributed by atoms with Gasteiger partial charge in [-0.2, -0.15) is 10.5 Å². The Labute approximate surface area is 108 Å². The molecule has 0 spiro atoms. The second-order valence-corrected chi connectivity index (χ2v) is 3.90. The lowest BCUT2D eigenvalue weighted by atomic mass is 10.2. The summed E-state index contributed by atoms with van der Waals surface area (Å²) in [5.74, 6) is 0.844. The molecule has 0 amide bonds. The van der Waals surface area contributed by atoms with Crippen LogP contribution in [0.15, 0.2) is 24.3 Å². The Bertz CT molecular complexity index is 427. The minimum absolute atomic E-state index is 0.473. The summed E-state index contributed by atoms with van der Waals surface area (Å²) in [5.41, 5.74) is 1.08. The standard InChI is InChI=1S/C14H17N3O/c1-18-14-7-3-2-6-13(14)12-17(10-4-8-15)11-5-9-16/h2-3,6-7H,4-5,10-12H2,1H3. The van der Waals surface area contributed by atoms with Gasteiger partial charge in [0, 0.05) is 38.0 Å². The minimum atomic E-state index is 0.473. The van der Waals surface area contributed by atoms with Gasteiger partial charge in [-0.25, -0.2) is 0 Å². The van der Waals surface area contributed by atoms with Gasteiger partial charge in [0.2, 0.25) is 0 Å². The van der Waals surface area contributed by atoms with Crippen molar-refractivity contribution >= 4 is 0 Å². The van der Waals surface area contributed by atoms with Crippen LogP contribution in [0.4, 0.5) is 0 Å². The highest BCUT2D eigenvalue weighted by Gasteiger charge is 2.08. The Morgan fingerprint density at radius 1 is 1.11 bits per heavy atom. The molecule has 0 heterocycles. The molecule has 1 aromatic carbocycles. The molecule has 0 aromatic heterocycles. The van der Waals surface area contributed by atoms with Gasteiger partial charge in [0.1, 0.15) is 5.75 Å². The molecular formula is C14H17N3O. The molecule has 0 radical (unpaired) electrons. The Balaban J connectivity index is 2.69. The summed E-state index contributed by atoms with van der Waals surface area (Å²) in [7, 11) is 1.65. The first-order valence-electron chi connectivity index (χ1n) is 5.90. The SMILES string of the molecule is COc1ccccc1CN(CCC#N)CCC#N. The van der Waals surface area contributed by atoms with Crippen molar-refractivity contribution in [2.75, 3.05) is 20.2 Å². The highest BCUT2D eigenvalue weighted by molar-refractivity contribution is 5.33. The quantitative estimate of drug-likeness (QED) is 0.737. The van der Waals surface area contributed by atoms with E-state index in [1.165, 1.54) is 0 Å². The molecule has 1 rings (SSSR count). The first-order chi connectivity index (χ1) is 8.81. The van der Waals surface area contributed by atoms with Crippen molar-refractivity contribution < 1.29 is 4.74 Å². The van der Waals surface area contributed by atoms with Gasteiger partial charge in [0.25, 0.3) is 0 Å². The van der Waals surface area contributed by atoms with Gasteiger partial charge in [0.05, 0.1) is 19.2 Å². The van der Waals surface area contributed by atoms with Gasteiger partial charge in [0.15, 0.2) is 0 Å². The number of nitriles is 2. The molecule has 4 heteroatoms. The molecule has 0 aliphatic rings. The Morgan fingerprint density at radius 3 is 2.28 bits per heavy atom. The molecule has 0 saturated carbocycles. The second-order valence-electron chi connectivity index (χ2n) is 3.90. The summed E-state index contributed by atoms with van der Waals surface area (Å²) in [6.07, 6.45) is 0.946. The molecule has 94 valence electrons. The van der Waals surface area contributed by atoms with Crippen LogP contribution in [0.3, 0.4) is 0 Å².